The van der Waals surface area contributed by atoms with E-state index in [0.717, 1.165) is 74.8 Å². The molecular weight excluding hydrogens is 1220 g/mol. The molecule has 6 heterocycles. The highest BCUT2D eigenvalue weighted by Crippen LogP contribution is 2.68. The first-order chi connectivity index (χ1) is 43.9. The summed E-state index contributed by atoms with van der Waals surface area (Å²) in [5, 5.41) is 63.6. The van der Waals surface area contributed by atoms with Crippen LogP contribution in [0.25, 0.3) is 0 Å². The van der Waals surface area contributed by atoms with Gasteiger partial charge < -0.3 is 79.1 Å². The lowest BCUT2D eigenvalue weighted by Gasteiger charge is -2.62. The molecule has 0 radical (unpaired) electrons. The molecule has 3 saturated carbocycles. The Bertz CT molecular complexity index is 3560. The second kappa shape index (κ2) is 23.6. The normalized spacial score (nSPS) is 32.4. The van der Waals surface area contributed by atoms with E-state index in [1.165, 1.54) is 60.0 Å². The van der Waals surface area contributed by atoms with Crippen LogP contribution in [0, 0.1) is 0 Å². The first kappa shape index (κ1) is 65.2. The highest BCUT2D eigenvalue weighted by molar-refractivity contribution is 5.93. The van der Waals surface area contributed by atoms with Gasteiger partial charge >= 0.3 is 11.9 Å². The Morgan fingerprint density at radius 3 is 1.05 bits per heavy atom. The Balaban J connectivity index is 0.000000115. The van der Waals surface area contributed by atoms with Crippen LogP contribution in [0.15, 0.2) is 84.9 Å². The van der Waals surface area contributed by atoms with Crippen molar-refractivity contribution in [3.05, 3.63) is 129 Å². The van der Waals surface area contributed by atoms with Crippen molar-refractivity contribution in [2.45, 2.75) is 153 Å². The summed E-state index contributed by atoms with van der Waals surface area (Å²) < 4.78 is 34.9. The molecule has 6 fully saturated rings. The van der Waals surface area contributed by atoms with E-state index >= 15 is 0 Å². The molecule has 1 amide bonds. The number of ether oxygens (including phenoxy) is 6. The van der Waals surface area contributed by atoms with Gasteiger partial charge in [-0.1, -0.05) is 18.2 Å². The Labute approximate surface area is 544 Å². The third kappa shape index (κ3) is 9.38. The predicted molar refractivity (Wildman–Crippen MR) is 339 cm³/mol. The number of Topliss-reactive ketones (excluding diaryl/α,β-unsaturated/α-hetero) is 3. The smallest absolute Gasteiger partial charge is 0.335 e. The number of hydrogen-bond acceptors (Lipinski definition) is 19. The lowest BCUT2D eigenvalue weighted by molar-refractivity contribution is -0.185. The van der Waals surface area contributed by atoms with Crippen LogP contribution >= 0.6 is 12.4 Å². The standard InChI is InChI=1S/3C18H21NO4.C8H9NO2.C8H6O4.ClH/c3*1-19-8-7-17-14-10-3-4-12(22-2)15(14)23-16(17)11(20)5-6-18(17,21)13(19)9-10;1-6(10)9-7-2-4-8(11)5-3-7;9-7(10)5-1-2-6(4-3-5)8(11)12;/h3*3-4,13,16,21H,5-9H2,1-2H3;2-5,11H,1H3,(H,9,10);1-4H,(H,9,10)(H,11,12);1H/t3*13-,16+,17+,18-;;;/m111.../s1. The second-order valence-electron chi connectivity index (χ2n) is 26.7. The maximum atomic E-state index is 12.7. The van der Waals surface area contributed by atoms with E-state index in [-0.39, 0.29) is 70.7 Å². The number of halogens is 1. The number of aliphatic hydroxyl groups is 3. The summed E-state index contributed by atoms with van der Waals surface area (Å²) in [4.78, 5) is 75.9. The molecule has 494 valence electrons. The van der Waals surface area contributed by atoms with Crippen molar-refractivity contribution in [3.8, 4) is 40.2 Å². The van der Waals surface area contributed by atoms with Crippen LogP contribution in [0.1, 0.15) is 119 Å². The van der Waals surface area contributed by atoms with Crippen LogP contribution < -0.4 is 33.7 Å². The van der Waals surface area contributed by atoms with E-state index in [1.807, 2.05) is 18.2 Å². The maximum Gasteiger partial charge on any atom is 0.335 e. The quantitative estimate of drug-likeness (QED) is 0.0959. The molecule has 7 N–H and O–H groups in total. The van der Waals surface area contributed by atoms with Gasteiger partial charge in [-0.3, -0.25) is 19.2 Å². The molecule has 22 nitrogen and oxygen atoms in total. The van der Waals surface area contributed by atoms with Gasteiger partial charge in [-0.15, -0.1) is 12.4 Å². The van der Waals surface area contributed by atoms with Gasteiger partial charge in [-0.25, -0.2) is 9.59 Å². The van der Waals surface area contributed by atoms with E-state index in [2.05, 4.69) is 59.4 Å². The number of nitrogens with one attached hydrogen (secondary N) is 1. The van der Waals surface area contributed by atoms with Gasteiger partial charge in [0.1, 0.15) is 5.75 Å². The second-order valence-corrected chi connectivity index (χ2v) is 26.7. The lowest BCUT2D eigenvalue weighted by atomic mass is 9.49. The zero-order valence-corrected chi connectivity index (χ0v) is 53.8. The number of methoxy groups -OCH3 is 3. The molecule has 93 heavy (non-hydrogen) atoms. The number of carboxylic acids is 2. The van der Waals surface area contributed by atoms with Gasteiger partial charge in [0.15, 0.2) is 70.2 Å². The molecule has 12 aliphatic rings. The summed E-state index contributed by atoms with van der Waals surface area (Å²) >= 11 is 0. The fourth-order valence-corrected chi connectivity index (χ4v) is 18.6. The van der Waals surface area contributed by atoms with Crippen LogP contribution in [0.3, 0.4) is 0 Å². The van der Waals surface area contributed by atoms with Crippen molar-refractivity contribution < 1.29 is 87.8 Å². The minimum Gasteiger partial charge on any atom is -0.508 e. The zero-order chi connectivity index (χ0) is 65.4. The highest BCUT2D eigenvalue weighted by atomic mass is 35.5. The molecule has 6 aliphatic carbocycles. The van der Waals surface area contributed by atoms with Gasteiger partial charge in [-0.05, 0) is 182 Å². The number of carbonyl (C=O) groups is 6. The number of nitrogens with zero attached hydrogens (tertiary/aromatic N) is 3. The number of rotatable bonds is 6. The number of phenols is 1. The summed E-state index contributed by atoms with van der Waals surface area (Å²) in [6, 6.07) is 23.5. The minimum absolute atomic E-state index is 0. The molecule has 6 bridgehead atoms. The van der Waals surface area contributed by atoms with Gasteiger partial charge in [0.05, 0.1) is 65.5 Å². The van der Waals surface area contributed by atoms with Crippen molar-refractivity contribution in [2.75, 3.05) is 67.4 Å². The number of carbonyl (C=O) groups excluding carboxylic acids is 4. The molecule has 17 rings (SSSR count). The minimum atomic E-state index is -1.06. The van der Waals surface area contributed by atoms with Gasteiger partial charge in [0, 0.05) is 66.7 Å². The number of piperidine rings is 3. The largest absolute Gasteiger partial charge is 0.508 e. The number of amides is 1. The van der Waals surface area contributed by atoms with Crippen molar-refractivity contribution in [1.29, 1.82) is 0 Å². The zero-order valence-electron chi connectivity index (χ0n) is 53.0. The van der Waals surface area contributed by atoms with E-state index in [1.54, 1.807) is 33.5 Å². The number of benzene rings is 5. The number of likely N-dealkylation sites (N-methyl/N-ethyl adjacent to an activating group) is 3. The van der Waals surface area contributed by atoms with Crippen LogP contribution in [0.2, 0.25) is 0 Å². The van der Waals surface area contributed by atoms with Gasteiger partial charge in [0.25, 0.3) is 0 Å². The molecule has 0 unspecified atom stereocenters. The molecule has 0 aromatic heterocycles. The average Bonchev–Trinajstić information content (AvgIpc) is 1.61. The number of aromatic hydroxyl groups is 1. The van der Waals surface area contributed by atoms with Crippen LogP contribution in [-0.2, 0) is 54.7 Å². The average molecular weight is 1300 g/mol. The van der Waals surface area contributed by atoms with Crippen LogP contribution in [0.4, 0.5) is 5.69 Å². The third-order valence-electron chi connectivity index (χ3n) is 22.8. The lowest BCUT2D eigenvalue weighted by Crippen LogP contribution is -2.76. The first-order valence-corrected chi connectivity index (χ1v) is 31.5. The Morgan fingerprint density at radius 1 is 0.484 bits per heavy atom. The predicted octanol–water partition coefficient (Wildman–Crippen LogP) is 6.00. The van der Waals surface area contributed by atoms with Gasteiger partial charge in [-0.2, -0.15) is 0 Å². The van der Waals surface area contributed by atoms with Gasteiger partial charge in [0.2, 0.25) is 5.91 Å². The molecule has 3 saturated heterocycles. The van der Waals surface area contributed by atoms with E-state index < -0.39 is 63.3 Å². The van der Waals surface area contributed by atoms with Crippen LogP contribution in [-0.4, -0.2) is 196 Å². The maximum absolute atomic E-state index is 12.7. The summed E-state index contributed by atoms with van der Waals surface area (Å²) in [7, 11) is 11.1. The van der Waals surface area contributed by atoms with Crippen molar-refractivity contribution in [3.63, 3.8) is 0 Å². The fraction of sp³-hybridized carbons (Fsp3) is 0.486. The summed E-state index contributed by atoms with van der Waals surface area (Å²) in [6.45, 7) is 4.05. The Hall–Kier alpha value is -7.83. The molecule has 5 aromatic carbocycles. The molecule has 3 spiro atoms. The van der Waals surface area contributed by atoms with E-state index in [0.29, 0.717) is 78.7 Å². The topological polar surface area (TPSA) is 301 Å². The molecule has 5 aromatic rings. The molecular formula is C70H79ClN4O18. The summed E-state index contributed by atoms with van der Waals surface area (Å²) in [5.74, 6) is 2.36. The Morgan fingerprint density at radius 2 is 0.785 bits per heavy atom. The van der Waals surface area contributed by atoms with Crippen molar-refractivity contribution >= 4 is 53.3 Å². The number of likely N-dealkylation sites (tertiary alicyclic amines) is 3. The number of aromatic carboxylic acids is 2. The van der Waals surface area contributed by atoms with E-state index in [4.69, 9.17) is 43.7 Å². The number of carboxylic acid groups (broad SMARTS) is 2. The number of anilines is 1. The molecule has 23 heteroatoms. The van der Waals surface area contributed by atoms with Crippen molar-refractivity contribution in [1.82, 2.24) is 14.7 Å². The molecule has 6 aliphatic heterocycles. The van der Waals surface area contributed by atoms with Crippen LogP contribution in [0.5, 0.6) is 40.2 Å². The Kier molecular flexibility index (Phi) is 16.5. The fourth-order valence-electron chi connectivity index (χ4n) is 18.6. The molecule has 12 atom stereocenters. The summed E-state index contributed by atoms with van der Waals surface area (Å²) in [5.41, 5.74) is 3.07. The highest BCUT2D eigenvalue weighted by Gasteiger charge is 2.76. The monoisotopic (exact) mass is 1300 g/mol. The number of ketones is 3. The first-order valence-electron chi connectivity index (χ1n) is 31.5. The SMILES string of the molecule is CC(=O)Nc1ccc(O)cc1.COc1ccc2c3c1O[C@H]1C(=O)CC[C@@]4(O)[C@@H](C2)N(C)CC[C@]314.COc1ccc2c3c1O[C@H]1C(=O)CC[C@@]4(O)[C@@H](C2)N(C)CC[C@]314.COc1ccc2c3c1O[C@H]1C(=O)CC[C@@]4(O)[C@@H](C2)N(C)CC[C@]314.Cl.O=C(O)c1ccc(C(=O)O)cc1. The summed E-state index contributed by atoms with van der Waals surface area (Å²) in [6.07, 6.45) is 5.68. The van der Waals surface area contributed by atoms with E-state index in [9.17, 15) is 44.1 Å². The number of phenolic OH excluding ortho intramolecular Hbond substituents is 1. The third-order valence-corrected chi connectivity index (χ3v) is 22.8. The number of hydrogen-bond donors (Lipinski definition) is 7. The van der Waals surface area contributed by atoms with Crippen molar-refractivity contribution in [2.24, 2.45) is 0 Å².